The molecule has 1 aromatic rings. The van der Waals surface area contributed by atoms with Crippen LogP contribution in [0.25, 0.3) is 0 Å². The summed E-state index contributed by atoms with van der Waals surface area (Å²) in [6, 6.07) is 0.851. The van der Waals surface area contributed by atoms with Gasteiger partial charge < -0.3 is 5.32 Å². The van der Waals surface area contributed by atoms with Gasteiger partial charge in [-0.25, -0.2) is 0 Å². The fourth-order valence-corrected chi connectivity index (χ4v) is 2.13. The number of piperidine rings is 1. The standard InChI is InChI=1S/C12H13F3N2O/c13-12(14,15)10-3-5-17-7-9(10)11(18)8-2-1-4-16-6-8/h3,5,7-8,16H,1-2,4,6H2. The molecule has 1 aliphatic rings. The maximum absolute atomic E-state index is 12.8. The van der Waals surface area contributed by atoms with E-state index in [-0.39, 0.29) is 11.5 Å². The van der Waals surface area contributed by atoms with E-state index in [1.165, 1.54) is 0 Å². The highest BCUT2D eigenvalue weighted by Gasteiger charge is 2.36. The van der Waals surface area contributed by atoms with Crippen LogP contribution in [0.4, 0.5) is 13.2 Å². The van der Waals surface area contributed by atoms with Crippen LogP contribution >= 0.6 is 0 Å². The van der Waals surface area contributed by atoms with Crippen LogP contribution in [0.15, 0.2) is 18.5 Å². The third-order valence-corrected chi connectivity index (χ3v) is 3.06. The number of Topliss-reactive ketones (excluding diaryl/α,β-unsaturated/α-hetero) is 1. The highest BCUT2D eigenvalue weighted by Crippen LogP contribution is 2.33. The average molecular weight is 258 g/mol. The number of nitrogens with one attached hydrogen (secondary N) is 1. The third kappa shape index (κ3) is 2.69. The van der Waals surface area contributed by atoms with Crippen molar-refractivity contribution in [1.82, 2.24) is 10.3 Å². The van der Waals surface area contributed by atoms with Crippen molar-refractivity contribution in [2.75, 3.05) is 13.1 Å². The molecule has 0 bridgehead atoms. The molecule has 0 amide bonds. The molecule has 1 saturated heterocycles. The normalized spacial score (nSPS) is 20.7. The van der Waals surface area contributed by atoms with Gasteiger partial charge in [-0.15, -0.1) is 0 Å². The summed E-state index contributed by atoms with van der Waals surface area (Å²) < 4.78 is 38.3. The van der Waals surface area contributed by atoms with E-state index in [4.69, 9.17) is 0 Å². The lowest BCUT2D eigenvalue weighted by Crippen LogP contribution is -2.35. The minimum atomic E-state index is -4.52. The van der Waals surface area contributed by atoms with Gasteiger partial charge in [0, 0.05) is 30.4 Å². The fourth-order valence-electron chi connectivity index (χ4n) is 2.13. The second-order valence-corrected chi connectivity index (χ2v) is 4.33. The first kappa shape index (κ1) is 13.0. The van der Waals surface area contributed by atoms with Crippen LogP contribution in [-0.4, -0.2) is 23.9 Å². The molecule has 1 unspecified atom stereocenters. The van der Waals surface area contributed by atoms with E-state index in [0.717, 1.165) is 31.4 Å². The molecule has 1 fully saturated rings. The summed E-state index contributed by atoms with van der Waals surface area (Å²) in [4.78, 5) is 15.7. The van der Waals surface area contributed by atoms with Gasteiger partial charge in [0.15, 0.2) is 5.78 Å². The lowest BCUT2D eigenvalue weighted by Gasteiger charge is -2.22. The summed E-state index contributed by atoms with van der Waals surface area (Å²) in [5, 5.41) is 3.02. The Balaban J connectivity index is 2.30. The number of ketones is 1. The van der Waals surface area contributed by atoms with Crippen molar-refractivity contribution in [1.29, 1.82) is 0 Å². The number of alkyl halides is 3. The molecule has 0 aliphatic carbocycles. The van der Waals surface area contributed by atoms with E-state index < -0.39 is 17.5 Å². The fraction of sp³-hybridized carbons (Fsp3) is 0.500. The van der Waals surface area contributed by atoms with Gasteiger partial charge in [0.1, 0.15) is 0 Å². The van der Waals surface area contributed by atoms with E-state index >= 15 is 0 Å². The lowest BCUT2D eigenvalue weighted by atomic mass is 9.89. The third-order valence-electron chi connectivity index (χ3n) is 3.06. The van der Waals surface area contributed by atoms with Crippen molar-refractivity contribution in [3.63, 3.8) is 0 Å². The smallest absolute Gasteiger partial charge is 0.316 e. The highest BCUT2D eigenvalue weighted by atomic mass is 19.4. The topological polar surface area (TPSA) is 42.0 Å². The minimum absolute atomic E-state index is 0.321. The van der Waals surface area contributed by atoms with Crippen molar-refractivity contribution in [3.8, 4) is 0 Å². The summed E-state index contributed by atoms with van der Waals surface area (Å²) in [6.45, 7) is 1.24. The molecule has 1 atom stereocenters. The molecule has 18 heavy (non-hydrogen) atoms. The maximum Gasteiger partial charge on any atom is 0.417 e. The Morgan fingerprint density at radius 1 is 1.44 bits per heavy atom. The minimum Gasteiger partial charge on any atom is -0.316 e. The molecule has 1 N–H and O–H groups in total. The van der Waals surface area contributed by atoms with Gasteiger partial charge in [0.2, 0.25) is 0 Å². The first-order valence-corrected chi connectivity index (χ1v) is 5.76. The summed E-state index contributed by atoms with van der Waals surface area (Å²) in [5.74, 6) is -0.855. The van der Waals surface area contributed by atoms with Gasteiger partial charge in [0.25, 0.3) is 0 Å². The first-order chi connectivity index (χ1) is 8.50. The number of rotatable bonds is 2. The Bertz CT molecular complexity index is 439. The average Bonchev–Trinajstić information content (AvgIpc) is 2.38. The number of pyridine rings is 1. The van der Waals surface area contributed by atoms with Crippen molar-refractivity contribution in [2.45, 2.75) is 19.0 Å². The predicted octanol–water partition coefficient (Wildman–Crippen LogP) is 2.28. The number of carbonyl (C=O) groups is 1. The van der Waals surface area contributed by atoms with Crippen LogP contribution in [0, 0.1) is 5.92 Å². The Morgan fingerprint density at radius 2 is 2.22 bits per heavy atom. The van der Waals surface area contributed by atoms with Crippen molar-refractivity contribution in [3.05, 3.63) is 29.6 Å². The van der Waals surface area contributed by atoms with Crippen LogP contribution < -0.4 is 5.32 Å². The number of aromatic nitrogens is 1. The summed E-state index contributed by atoms with van der Waals surface area (Å²) in [6.07, 6.45) is -1.02. The van der Waals surface area contributed by atoms with E-state index in [0.29, 0.717) is 13.0 Å². The lowest BCUT2D eigenvalue weighted by molar-refractivity contribution is -0.138. The van der Waals surface area contributed by atoms with Crippen LogP contribution in [-0.2, 0) is 6.18 Å². The Labute approximate surface area is 102 Å². The molecule has 1 aromatic heterocycles. The molecule has 3 nitrogen and oxygen atoms in total. The molecule has 98 valence electrons. The van der Waals surface area contributed by atoms with Crippen molar-refractivity contribution in [2.24, 2.45) is 5.92 Å². The van der Waals surface area contributed by atoms with Gasteiger partial charge in [0.05, 0.1) is 5.56 Å². The Hall–Kier alpha value is -1.43. The summed E-state index contributed by atoms with van der Waals surface area (Å²) in [5.41, 5.74) is -1.22. The van der Waals surface area contributed by atoms with Gasteiger partial charge in [-0.05, 0) is 25.5 Å². The molecule has 0 spiro atoms. The Kier molecular flexibility index (Phi) is 3.65. The first-order valence-electron chi connectivity index (χ1n) is 5.76. The molecular formula is C12H13F3N2O. The summed E-state index contributed by atoms with van der Waals surface area (Å²) >= 11 is 0. The largest absolute Gasteiger partial charge is 0.417 e. The maximum atomic E-state index is 12.8. The van der Waals surface area contributed by atoms with Crippen molar-refractivity contribution < 1.29 is 18.0 Å². The zero-order valence-corrected chi connectivity index (χ0v) is 9.63. The van der Waals surface area contributed by atoms with E-state index in [1.54, 1.807) is 0 Å². The molecule has 2 heterocycles. The van der Waals surface area contributed by atoms with Gasteiger partial charge >= 0.3 is 6.18 Å². The number of halogens is 3. The SMILES string of the molecule is O=C(c1cnccc1C(F)(F)F)C1CCCNC1. The second-order valence-electron chi connectivity index (χ2n) is 4.33. The van der Waals surface area contributed by atoms with E-state index in [2.05, 4.69) is 10.3 Å². The van der Waals surface area contributed by atoms with Gasteiger partial charge in [-0.1, -0.05) is 0 Å². The zero-order chi connectivity index (χ0) is 13.2. The predicted molar refractivity (Wildman–Crippen MR) is 59.2 cm³/mol. The zero-order valence-electron chi connectivity index (χ0n) is 9.63. The number of hydrogen-bond donors (Lipinski definition) is 1. The monoisotopic (exact) mass is 258 g/mol. The Morgan fingerprint density at radius 3 is 2.83 bits per heavy atom. The van der Waals surface area contributed by atoms with Crippen molar-refractivity contribution >= 4 is 5.78 Å². The van der Waals surface area contributed by atoms with E-state index in [1.807, 2.05) is 0 Å². The van der Waals surface area contributed by atoms with Crippen LogP contribution in [0.3, 0.4) is 0 Å². The van der Waals surface area contributed by atoms with Gasteiger partial charge in [-0.2, -0.15) is 13.2 Å². The van der Waals surface area contributed by atoms with Crippen LogP contribution in [0.1, 0.15) is 28.8 Å². The molecule has 0 radical (unpaired) electrons. The second kappa shape index (κ2) is 5.06. The molecular weight excluding hydrogens is 245 g/mol. The molecule has 1 aliphatic heterocycles. The highest BCUT2D eigenvalue weighted by molar-refractivity contribution is 5.99. The molecule has 2 rings (SSSR count). The molecule has 0 aromatic carbocycles. The van der Waals surface area contributed by atoms with E-state index in [9.17, 15) is 18.0 Å². The summed E-state index contributed by atoms with van der Waals surface area (Å²) in [7, 11) is 0. The quantitative estimate of drug-likeness (QED) is 0.827. The molecule has 6 heteroatoms. The number of hydrogen-bond acceptors (Lipinski definition) is 3. The number of carbonyl (C=O) groups excluding carboxylic acids is 1. The van der Waals surface area contributed by atoms with Crippen LogP contribution in [0.2, 0.25) is 0 Å². The van der Waals surface area contributed by atoms with Crippen LogP contribution in [0.5, 0.6) is 0 Å². The number of nitrogens with zero attached hydrogens (tertiary/aromatic N) is 1. The van der Waals surface area contributed by atoms with Gasteiger partial charge in [-0.3, -0.25) is 9.78 Å². The molecule has 0 saturated carbocycles.